The molecule has 2 fully saturated rings. The van der Waals surface area contributed by atoms with Gasteiger partial charge in [0, 0.05) is 17.7 Å². The Bertz CT molecular complexity index is 1550. The molecule has 2 aliphatic rings. The molecule has 2 saturated heterocycles. The van der Waals surface area contributed by atoms with E-state index < -0.39 is 114 Å². The molecule has 17 heteroatoms. The molecule has 0 spiro atoms. The number of aromatic hydroxyl groups is 3. The Balaban J connectivity index is 1.55. The summed E-state index contributed by atoms with van der Waals surface area (Å²) in [4.78, 5) is 13.6. The summed E-state index contributed by atoms with van der Waals surface area (Å²) in [5.41, 5.74) is -1.47. The third kappa shape index (κ3) is 5.61. The van der Waals surface area contributed by atoms with Crippen molar-refractivity contribution in [3.63, 3.8) is 0 Å². The Morgan fingerprint density at radius 2 is 1.25 bits per heavy atom. The number of phenolic OH excluding ortho intramolecular Hbond substituents is 3. The molecule has 5 rings (SSSR count). The molecule has 0 aliphatic carbocycles. The molecule has 17 nitrogen and oxygen atoms in total. The fraction of sp³-hybridized carbons (Fsp3) is 0.444. The number of rotatable bonds is 7. The summed E-state index contributed by atoms with van der Waals surface area (Å²) in [6, 6.07) is 5.23. The summed E-state index contributed by atoms with van der Waals surface area (Å²) in [6.45, 7) is -1.52. The summed E-state index contributed by atoms with van der Waals surface area (Å²) in [6.07, 6.45) is -16.9. The highest BCUT2D eigenvalue weighted by Crippen LogP contribution is 2.40. The van der Waals surface area contributed by atoms with Crippen LogP contribution < -0.4 is 14.9 Å². The van der Waals surface area contributed by atoms with Crippen molar-refractivity contribution < 1.29 is 79.5 Å². The topological polar surface area (TPSA) is 290 Å². The van der Waals surface area contributed by atoms with E-state index in [-0.39, 0.29) is 16.9 Å². The lowest BCUT2D eigenvalue weighted by Crippen LogP contribution is -2.60. The van der Waals surface area contributed by atoms with Crippen LogP contribution in [0.1, 0.15) is 0 Å². The van der Waals surface area contributed by atoms with Gasteiger partial charge in [0.2, 0.25) is 23.8 Å². The summed E-state index contributed by atoms with van der Waals surface area (Å²) in [7, 11) is 0. The molecule has 3 aromatic rings. The molecule has 10 atom stereocenters. The molecule has 0 radical (unpaired) electrons. The maximum Gasteiger partial charge on any atom is 0.239 e. The van der Waals surface area contributed by atoms with Gasteiger partial charge < -0.3 is 79.5 Å². The number of fused-ring (bicyclic) bond motifs is 1. The normalized spacial score (nSPS) is 32.5. The van der Waals surface area contributed by atoms with Crippen molar-refractivity contribution in [3.8, 4) is 40.1 Å². The molecular formula is C27H30O17. The van der Waals surface area contributed by atoms with Gasteiger partial charge in [-0.05, 0) is 18.2 Å². The van der Waals surface area contributed by atoms with Gasteiger partial charge in [0.1, 0.15) is 71.3 Å². The van der Waals surface area contributed by atoms with Gasteiger partial charge in [-0.1, -0.05) is 0 Å². The zero-order valence-corrected chi connectivity index (χ0v) is 22.4. The van der Waals surface area contributed by atoms with Crippen LogP contribution in [0.2, 0.25) is 0 Å². The first kappa shape index (κ1) is 31.7. The maximum atomic E-state index is 13.6. The molecule has 2 aromatic carbocycles. The molecule has 3 heterocycles. The maximum absolute atomic E-state index is 13.6. The van der Waals surface area contributed by atoms with Gasteiger partial charge in [-0.25, -0.2) is 0 Å². The second kappa shape index (κ2) is 12.3. The first-order chi connectivity index (χ1) is 20.9. The van der Waals surface area contributed by atoms with Crippen molar-refractivity contribution in [1.29, 1.82) is 0 Å². The number of benzene rings is 2. The smallest absolute Gasteiger partial charge is 0.239 e. The van der Waals surface area contributed by atoms with Crippen LogP contribution in [0, 0.1) is 0 Å². The monoisotopic (exact) mass is 626 g/mol. The van der Waals surface area contributed by atoms with Gasteiger partial charge in [0.05, 0.1) is 13.2 Å². The van der Waals surface area contributed by atoms with E-state index in [0.717, 1.165) is 24.3 Å². The average molecular weight is 627 g/mol. The second-order valence-electron chi connectivity index (χ2n) is 10.2. The molecule has 1 aromatic heterocycles. The molecule has 44 heavy (non-hydrogen) atoms. The Labute approximate surface area is 246 Å². The van der Waals surface area contributed by atoms with Crippen molar-refractivity contribution >= 4 is 11.0 Å². The predicted octanol–water partition coefficient (Wildman–Crippen LogP) is -3.07. The van der Waals surface area contributed by atoms with Crippen molar-refractivity contribution in [3.05, 3.63) is 40.6 Å². The predicted molar refractivity (Wildman–Crippen MR) is 142 cm³/mol. The average Bonchev–Trinajstić information content (AvgIpc) is 2.99. The Morgan fingerprint density at radius 3 is 1.80 bits per heavy atom. The molecule has 0 saturated carbocycles. The van der Waals surface area contributed by atoms with Crippen LogP contribution in [0.15, 0.2) is 39.5 Å². The molecule has 0 amide bonds. The van der Waals surface area contributed by atoms with Crippen LogP contribution in [0.3, 0.4) is 0 Å². The Morgan fingerprint density at radius 1 is 0.682 bits per heavy atom. The highest BCUT2D eigenvalue weighted by atomic mass is 16.7. The number of ether oxygens (including phenoxy) is 4. The standard InChI is InChI=1S/C27H30O17/c28-6-14-17(33)20(36)22(38)26(42-14)41-12-2-1-8(3-10(12)31)24-25(19(35)16-11(32)4-9(30)5-13(16)40-24)44-27-23(39)21(37)18(34)15(7-29)43-27/h1-5,14-15,17-18,20-23,26-34,36-39H,6-7H2/t14-,15-,17+,18+,20-,21-,22-,23-,26+,27+/m1/s1. The SMILES string of the molecule is O=c1c(O[C@@H]2O[C@H](CO)[C@H](O)[C@@H](O)[C@H]2O)c(-c2ccc(O[C@H]3O[C@H](CO)[C@H](O)[C@@H](O)[C@H]3O)c(O)c2)oc2cc(O)cc(O)c12. The summed E-state index contributed by atoms with van der Waals surface area (Å²) in [5, 5.41) is 110. The van der Waals surface area contributed by atoms with Crippen LogP contribution in [0.5, 0.6) is 28.7 Å². The lowest BCUT2D eigenvalue weighted by atomic mass is 9.99. The second-order valence-corrected chi connectivity index (χ2v) is 10.2. The van der Waals surface area contributed by atoms with E-state index in [0.29, 0.717) is 0 Å². The van der Waals surface area contributed by atoms with Crippen molar-refractivity contribution in [2.45, 2.75) is 61.4 Å². The number of hydrogen-bond acceptors (Lipinski definition) is 17. The molecular weight excluding hydrogens is 596 g/mol. The quantitative estimate of drug-likeness (QED) is 0.124. The fourth-order valence-electron chi connectivity index (χ4n) is 4.89. The van der Waals surface area contributed by atoms with Gasteiger partial charge in [0.25, 0.3) is 0 Å². The summed E-state index contributed by atoms with van der Waals surface area (Å²) in [5.74, 6) is -3.31. The summed E-state index contributed by atoms with van der Waals surface area (Å²) >= 11 is 0. The van der Waals surface area contributed by atoms with E-state index in [4.69, 9.17) is 23.4 Å². The molecule has 2 aliphatic heterocycles. The molecule has 240 valence electrons. The van der Waals surface area contributed by atoms with Crippen molar-refractivity contribution in [2.24, 2.45) is 0 Å². The highest BCUT2D eigenvalue weighted by molar-refractivity contribution is 5.88. The lowest BCUT2D eigenvalue weighted by molar-refractivity contribution is -0.277. The third-order valence-corrected chi connectivity index (χ3v) is 7.31. The van der Waals surface area contributed by atoms with Gasteiger partial charge >= 0.3 is 0 Å². The van der Waals surface area contributed by atoms with Gasteiger partial charge in [-0.2, -0.15) is 0 Å². The number of hydrogen-bond donors (Lipinski definition) is 11. The first-order valence-corrected chi connectivity index (χ1v) is 13.2. The minimum atomic E-state index is -1.94. The highest BCUT2D eigenvalue weighted by Gasteiger charge is 2.46. The Kier molecular flexibility index (Phi) is 8.87. The Hall–Kier alpha value is -3.75. The number of aliphatic hydroxyl groups is 8. The van der Waals surface area contributed by atoms with Gasteiger partial charge in [-0.3, -0.25) is 4.79 Å². The van der Waals surface area contributed by atoms with Crippen LogP contribution in [0.25, 0.3) is 22.3 Å². The fourth-order valence-corrected chi connectivity index (χ4v) is 4.89. The van der Waals surface area contributed by atoms with E-state index in [1.54, 1.807) is 0 Å². The van der Waals surface area contributed by atoms with Gasteiger partial charge in [0.15, 0.2) is 17.3 Å². The van der Waals surface area contributed by atoms with E-state index in [2.05, 4.69) is 0 Å². The van der Waals surface area contributed by atoms with Crippen LogP contribution >= 0.6 is 0 Å². The van der Waals surface area contributed by atoms with Crippen LogP contribution in [0.4, 0.5) is 0 Å². The zero-order chi connectivity index (χ0) is 32.0. The molecule has 0 bridgehead atoms. The lowest BCUT2D eigenvalue weighted by Gasteiger charge is -2.39. The van der Waals surface area contributed by atoms with E-state index >= 15 is 0 Å². The summed E-state index contributed by atoms with van der Waals surface area (Å²) < 4.78 is 27.4. The van der Waals surface area contributed by atoms with Crippen LogP contribution in [-0.2, 0) is 9.47 Å². The number of phenols is 3. The van der Waals surface area contributed by atoms with Gasteiger partial charge in [-0.15, -0.1) is 0 Å². The van der Waals surface area contributed by atoms with Crippen molar-refractivity contribution in [1.82, 2.24) is 0 Å². The molecule has 11 N–H and O–H groups in total. The van der Waals surface area contributed by atoms with Crippen molar-refractivity contribution in [2.75, 3.05) is 13.2 Å². The zero-order valence-electron chi connectivity index (χ0n) is 22.4. The first-order valence-electron chi connectivity index (χ1n) is 13.2. The third-order valence-electron chi connectivity index (χ3n) is 7.31. The minimum Gasteiger partial charge on any atom is -0.508 e. The molecule has 0 unspecified atom stereocenters. The van der Waals surface area contributed by atoms with E-state index in [1.165, 1.54) is 6.07 Å². The largest absolute Gasteiger partial charge is 0.508 e. The minimum absolute atomic E-state index is 0.0925. The van der Waals surface area contributed by atoms with E-state index in [1.807, 2.05) is 0 Å². The van der Waals surface area contributed by atoms with E-state index in [9.17, 15) is 61.0 Å². The van der Waals surface area contributed by atoms with Crippen LogP contribution in [-0.4, -0.2) is 131 Å². The number of aliphatic hydroxyl groups excluding tert-OH is 8.